The van der Waals surface area contributed by atoms with Crippen LogP contribution in [0.5, 0.6) is 0 Å². The number of nitrogens with one attached hydrogen (secondary N) is 1. The standard InChI is InChI=1S/C30H26F2N6O3/c1-4-22(39)36-10-11-37-16(14-36)13-34-27-24-19-12-17(25(27)32)23-18(31)6-5-7-20(23)41-21-8-9-33-26(15(2)3)28(21)38(19)30(40)35-29(24)37/h4-9,12,15-16,34H,1,10-11,13-14H2,2-3H3. The molecular weight excluding hydrogens is 530 g/mol. The molecule has 2 aliphatic heterocycles. The second kappa shape index (κ2) is 9.12. The molecule has 0 spiro atoms. The Hall–Kier alpha value is -4.80. The maximum atomic E-state index is 16.6. The Morgan fingerprint density at radius 1 is 1.20 bits per heavy atom. The Balaban J connectivity index is 1.70. The highest BCUT2D eigenvalue weighted by molar-refractivity contribution is 6.10. The smallest absolute Gasteiger partial charge is 0.354 e. The lowest BCUT2D eigenvalue weighted by Gasteiger charge is -2.41. The molecule has 1 atom stereocenters. The largest absolute Gasteiger partial charge is 0.454 e. The Morgan fingerprint density at radius 3 is 2.80 bits per heavy atom. The minimum atomic E-state index is -0.687. The highest BCUT2D eigenvalue weighted by Crippen LogP contribution is 2.41. The summed E-state index contributed by atoms with van der Waals surface area (Å²) in [5.74, 6) is -1.35. The first-order chi connectivity index (χ1) is 19.8. The average molecular weight is 557 g/mol. The predicted octanol–water partition coefficient (Wildman–Crippen LogP) is 4.73. The van der Waals surface area contributed by atoms with Crippen molar-refractivity contribution in [3.05, 3.63) is 77.0 Å². The summed E-state index contributed by atoms with van der Waals surface area (Å²) < 4.78 is 39.7. The Bertz CT molecular complexity index is 2030. The SMILES string of the molecule is C=CC(=O)N1CCN2c3nc(=O)n4c5cc(c(F)c(c35)NCC2C1)c1c(F)cccc1oc1ccnc(C(C)C)c14. The van der Waals surface area contributed by atoms with Crippen LogP contribution in [0.3, 0.4) is 0 Å². The molecule has 2 aliphatic rings. The Morgan fingerprint density at radius 2 is 2.02 bits per heavy atom. The zero-order valence-electron chi connectivity index (χ0n) is 22.4. The van der Waals surface area contributed by atoms with E-state index >= 15 is 8.78 Å². The number of carbonyl (C=O) groups excluding carboxylic acids is 1. The topological polar surface area (TPSA) is 96.0 Å². The lowest BCUT2D eigenvalue weighted by Crippen LogP contribution is -2.57. The van der Waals surface area contributed by atoms with Gasteiger partial charge < -0.3 is 19.5 Å². The van der Waals surface area contributed by atoms with Crippen molar-refractivity contribution in [2.24, 2.45) is 0 Å². The summed E-state index contributed by atoms with van der Waals surface area (Å²) in [5.41, 5.74) is 1.18. The van der Waals surface area contributed by atoms with E-state index in [1.54, 1.807) is 23.2 Å². The molecule has 3 aromatic heterocycles. The van der Waals surface area contributed by atoms with E-state index in [1.807, 2.05) is 18.7 Å². The summed E-state index contributed by atoms with van der Waals surface area (Å²) in [6, 6.07) is 7.12. The molecule has 1 unspecified atom stereocenters. The molecule has 11 heteroatoms. The molecule has 1 amide bonds. The van der Waals surface area contributed by atoms with Gasteiger partial charge in [-0.05, 0) is 30.2 Å². The van der Waals surface area contributed by atoms with Crippen molar-refractivity contribution in [1.29, 1.82) is 0 Å². The molecule has 2 bridgehead atoms. The van der Waals surface area contributed by atoms with Gasteiger partial charge in [-0.15, -0.1) is 0 Å². The van der Waals surface area contributed by atoms with E-state index in [0.29, 0.717) is 47.6 Å². The van der Waals surface area contributed by atoms with E-state index in [1.165, 1.54) is 28.7 Å². The van der Waals surface area contributed by atoms with E-state index in [2.05, 4.69) is 21.9 Å². The zero-order chi connectivity index (χ0) is 28.6. The third-order valence-electron chi connectivity index (χ3n) is 8.01. The fraction of sp³-hybridized carbons (Fsp3) is 0.267. The molecular formula is C30H26F2N6O3. The van der Waals surface area contributed by atoms with Crippen LogP contribution in [-0.2, 0) is 4.79 Å². The van der Waals surface area contributed by atoms with Crippen molar-refractivity contribution in [3.8, 4) is 0 Å². The van der Waals surface area contributed by atoms with Crippen molar-refractivity contribution >= 4 is 55.8 Å². The normalized spacial score (nSPS) is 16.8. The van der Waals surface area contributed by atoms with Gasteiger partial charge in [0.05, 0.1) is 33.7 Å². The van der Waals surface area contributed by atoms with Crippen LogP contribution in [0, 0.1) is 11.6 Å². The third-order valence-corrected chi connectivity index (χ3v) is 8.01. The van der Waals surface area contributed by atoms with Crippen molar-refractivity contribution in [2.45, 2.75) is 25.8 Å². The number of benzene rings is 2. The van der Waals surface area contributed by atoms with Crippen molar-refractivity contribution in [1.82, 2.24) is 19.3 Å². The average Bonchev–Trinajstić information content (AvgIpc) is 3.08. The molecule has 9 nitrogen and oxygen atoms in total. The maximum absolute atomic E-state index is 16.6. The van der Waals surface area contributed by atoms with Gasteiger partial charge in [-0.25, -0.2) is 13.6 Å². The lowest BCUT2D eigenvalue weighted by atomic mass is 10.0. The van der Waals surface area contributed by atoms with Crippen LogP contribution in [-0.4, -0.2) is 57.4 Å². The molecule has 0 saturated carbocycles. The number of nitrogens with zero attached hydrogens (tertiary/aromatic N) is 5. The first kappa shape index (κ1) is 25.2. The van der Waals surface area contributed by atoms with Gasteiger partial charge in [-0.2, -0.15) is 4.98 Å². The number of carbonyl (C=O) groups is 1. The van der Waals surface area contributed by atoms with Crippen molar-refractivity contribution < 1.29 is 18.0 Å². The van der Waals surface area contributed by atoms with Crippen molar-refractivity contribution in [3.63, 3.8) is 0 Å². The number of hydrogen-bond acceptors (Lipinski definition) is 7. The van der Waals surface area contributed by atoms with E-state index in [4.69, 9.17) is 4.42 Å². The zero-order valence-corrected chi connectivity index (χ0v) is 22.4. The molecule has 5 aromatic rings. The molecule has 1 fully saturated rings. The summed E-state index contributed by atoms with van der Waals surface area (Å²) in [6.07, 6.45) is 2.84. The summed E-state index contributed by atoms with van der Waals surface area (Å²) in [4.78, 5) is 39.1. The first-order valence-electron chi connectivity index (χ1n) is 13.5. The molecule has 7 rings (SSSR count). The molecule has 1 N–H and O–H groups in total. The van der Waals surface area contributed by atoms with E-state index in [9.17, 15) is 9.59 Å². The fourth-order valence-corrected chi connectivity index (χ4v) is 6.13. The van der Waals surface area contributed by atoms with Gasteiger partial charge in [0.25, 0.3) is 0 Å². The monoisotopic (exact) mass is 556 g/mol. The molecule has 0 aliphatic carbocycles. The Kier molecular flexibility index (Phi) is 5.60. The minimum absolute atomic E-state index is 0.0476. The molecule has 1 saturated heterocycles. The summed E-state index contributed by atoms with van der Waals surface area (Å²) in [7, 11) is 0. The first-order valence-corrected chi connectivity index (χ1v) is 13.5. The van der Waals surface area contributed by atoms with Crippen molar-refractivity contribution in [2.75, 3.05) is 36.4 Å². The molecule has 5 heterocycles. The summed E-state index contributed by atoms with van der Waals surface area (Å²) >= 11 is 0. The number of rotatable bonds is 2. The van der Waals surface area contributed by atoms with Gasteiger partial charge in [-0.1, -0.05) is 26.5 Å². The number of halogens is 2. The third kappa shape index (κ3) is 3.64. The van der Waals surface area contributed by atoms with Crippen LogP contribution < -0.4 is 15.9 Å². The molecule has 2 aromatic carbocycles. The number of hydrogen-bond donors (Lipinski definition) is 1. The van der Waals surface area contributed by atoms with Gasteiger partial charge >= 0.3 is 5.69 Å². The number of anilines is 2. The maximum Gasteiger partial charge on any atom is 0.354 e. The van der Waals surface area contributed by atoms with Crippen LogP contribution >= 0.6 is 0 Å². The molecule has 41 heavy (non-hydrogen) atoms. The number of pyridine rings is 1. The van der Waals surface area contributed by atoms with Gasteiger partial charge in [0.2, 0.25) is 5.91 Å². The fourth-order valence-electron chi connectivity index (χ4n) is 6.13. The lowest BCUT2D eigenvalue weighted by molar-refractivity contribution is -0.126. The highest BCUT2D eigenvalue weighted by atomic mass is 19.1. The van der Waals surface area contributed by atoms with Crippen LogP contribution in [0.2, 0.25) is 0 Å². The van der Waals surface area contributed by atoms with Crippen LogP contribution in [0.15, 0.2) is 58.4 Å². The van der Waals surface area contributed by atoms with Gasteiger partial charge in [0.1, 0.15) is 22.7 Å². The second-order valence-electron chi connectivity index (χ2n) is 10.7. The number of piperazine rings is 1. The molecule has 0 radical (unpaired) electrons. The minimum Gasteiger partial charge on any atom is -0.454 e. The second-order valence-corrected chi connectivity index (χ2v) is 10.7. The number of amides is 1. The van der Waals surface area contributed by atoms with Crippen LogP contribution in [0.25, 0.3) is 38.4 Å². The van der Waals surface area contributed by atoms with E-state index < -0.39 is 17.3 Å². The van der Waals surface area contributed by atoms with Crippen LogP contribution in [0.1, 0.15) is 25.5 Å². The quantitative estimate of drug-likeness (QED) is 0.314. The number of aromatic nitrogens is 3. The van der Waals surface area contributed by atoms with Crippen LogP contribution in [0.4, 0.5) is 20.3 Å². The summed E-state index contributed by atoms with van der Waals surface area (Å²) in [5, 5.41) is 3.51. The predicted molar refractivity (Wildman–Crippen MR) is 153 cm³/mol. The van der Waals surface area contributed by atoms with Gasteiger partial charge in [-0.3, -0.25) is 14.2 Å². The van der Waals surface area contributed by atoms with Gasteiger partial charge in [0, 0.05) is 43.8 Å². The summed E-state index contributed by atoms with van der Waals surface area (Å²) in [6.45, 7) is 8.84. The number of fused-ring (bicyclic) bond motifs is 7. The highest BCUT2D eigenvalue weighted by Gasteiger charge is 2.35. The van der Waals surface area contributed by atoms with E-state index in [0.717, 1.165) is 0 Å². The Labute approximate surface area is 232 Å². The molecule has 208 valence electrons. The van der Waals surface area contributed by atoms with E-state index in [-0.39, 0.29) is 52.0 Å². The van der Waals surface area contributed by atoms with Gasteiger partial charge in [0.15, 0.2) is 11.4 Å².